The standard InChI is InChI=1S/C20H17ClN4O2S/c1-9-10(2)28-17-15(9)16(12-4-6-13(21)7-5-12)22-20(8-14(20)18(26)27)19-24-23-11(3)25(17)19/h4-7,14H,8H2,1-3H3,(H,26,27)/t14-,20-/m0/s1. The molecule has 1 aromatic carbocycles. The van der Waals surface area contributed by atoms with Gasteiger partial charge in [0.15, 0.2) is 5.82 Å². The van der Waals surface area contributed by atoms with Crippen molar-refractivity contribution >= 4 is 34.6 Å². The van der Waals surface area contributed by atoms with E-state index in [2.05, 4.69) is 24.0 Å². The Morgan fingerprint density at radius 1 is 1.25 bits per heavy atom. The van der Waals surface area contributed by atoms with Crippen LogP contribution >= 0.6 is 22.9 Å². The molecule has 6 nitrogen and oxygen atoms in total. The Kier molecular flexibility index (Phi) is 3.61. The summed E-state index contributed by atoms with van der Waals surface area (Å²) in [6.07, 6.45) is 0.421. The summed E-state index contributed by atoms with van der Waals surface area (Å²) in [5.41, 5.74) is 2.97. The molecule has 1 N–H and O–H groups in total. The van der Waals surface area contributed by atoms with Gasteiger partial charge in [-0.2, -0.15) is 0 Å². The van der Waals surface area contributed by atoms with Crippen molar-refractivity contribution in [2.45, 2.75) is 32.7 Å². The number of thiophene rings is 1. The first-order valence-electron chi connectivity index (χ1n) is 8.95. The number of halogens is 1. The fourth-order valence-corrected chi connectivity index (χ4v) is 5.30. The molecular weight excluding hydrogens is 396 g/mol. The fraction of sp³-hybridized carbons (Fsp3) is 0.300. The lowest BCUT2D eigenvalue weighted by Gasteiger charge is -2.12. The Labute approximate surface area is 170 Å². The van der Waals surface area contributed by atoms with Crippen molar-refractivity contribution in [2.75, 3.05) is 0 Å². The molecule has 1 aliphatic heterocycles. The van der Waals surface area contributed by atoms with Crippen LogP contribution in [0.5, 0.6) is 0 Å². The number of carbonyl (C=O) groups is 1. The third kappa shape index (κ3) is 2.26. The number of hydrogen-bond donors (Lipinski definition) is 1. The van der Waals surface area contributed by atoms with Crippen LogP contribution in [0.15, 0.2) is 29.3 Å². The molecule has 2 atom stereocenters. The van der Waals surface area contributed by atoms with Gasteiger partial charge >= 0.3 is 5.97 Å². The van der Waals surface area contributed by atoms with E-state index in [0.717, 1.165) is 33.2 Å². The molecule has 8 heteroatoms. The second-order valence-corrected chi connectivity index (χ2v) is 9.00. The van der Waals surface area contributed by atoms with Gasteiger partial charge in [-0.05, 0) is 44.9 Å². The van der Waals surface area contributed by atoms with Crippen LogP contribution in [-0.2, 0) is 10.3 Å². The monoisotopic (exact) mass is 412 g/mol. The summed E-state index contributed by atoms with van der Waals surface area (Å²) < 4.78 is 2.00. The Bertz CT molecular complexity index is 1180. The first kappa shape index (κ1) is 17.6. The van der Waals surface area contributed by atoms with E-state index in [1.54, 1.807) is 11.3 Å². The maximum atomic E-state index is 11.8. The van der Waals surface area contributed by atoms with Crippen LogP contribution in [0.4, 0.5) is 0 Å². The van der Waals surface area contributed by atoms with Gasteiger partial charge in [0.05, 0.1) is 11.6 Å². The molecule has 3 aromatic rings. The van der Waals surface area contributed by atoms with E-state index in [0.29, 0.717) is 17.3 Å². The van der Waals surface area contributed by atoms with Gasteiger partial charge in [0.2, 0.25) is 0 Å². The molecular formula is C20H17ClN4O2S. The van der Waals surface area contributed by atoms with Crippen LogP contribution < -0.4 is 0 Å². The molecule has 0 amide bonds. The Hall–Kier alpha value is -2.51. The average Bonchev–Trinajstić information content (AvgIpc) is 3.19. The van der Waals surface area contributed by atoms with Crippen LogP contribution in [0.3, 0.4) is 0 Å². The zero-order chi connectivity index (χ0) is 19.8. The molecule has 3 heterocycles. The highest BCUT2D eigenvalue weighted by atomic mass is 35.5. The Balaban J connectivity index is 1.86. The van der Waals surface area contributed by atoms with Crippen molar-refractivity contribution in [1.29, 1.82) is 0 Å². The van der Waals surface area contributed by atoms with E-state index in [9.17, 15) is 9.90 Å². The van der Waals surface area contributed by atoms with Gasteiger partial charge < -0.3 is 5.11 Å². The highest BCUT2D eigenvalue weighted by molar-refractivity contribution is 7.15. The minimum atomic E-state index is -0.888. The quantitative estimate of drug-likeness (QED) is 0.688. The Morgan fingerprint density at radius 2 is 1.96 bits per heavy atom. The smallest absolute Gasteiger partial charge is 0.309 e. The topological polar surface area (TPSA) is 80.4 Å². The van der Waals surface area contributed by atoms with E-state index < -0.39 is 17.4 Å². The van der Waals surface area contributed by atoms with E-state index in [1.165, 1.54) is 4.88 Å². The van der Waals surface area contributed by atoms with Crippen LogP contribution in [0.1, 0.15) is 39.6 Å². The van der Waals surface area contributed by atoms with Crippen LogP contribution in [0.2, 0.25) is 5.02 Å². The first-order chi connectivity index (χ1) is 13.3. The number of aliphatic carboxylic acids is 1. The maximum absolute atomic E-state index is 11.8. The van der Waals surface area contributed by atoms with E-state index >= 15 is 0 Å². The number of aryl methyl sites for hydroxylation is 2. The molecule has 2 aromatic heterocycles. The number of hydrogen-bond acceptors (Lipinski definition) is 5. The van der Waals surface area contributed by atoms with E-state index in [-0.39, 0.29) is 0 Å². The second-order valence-electron chi connectivity index (χ2n) is 7.36. The van der Waals surface area contributed by atoms with Crippen LogP contribution in [0.25, 0.3) is 5.00 Å². The summed E-state index contributed by atoms with van der Waals surface area (Å²) >= 11 is 7.75. The van der Waals surface area contributed by atoms with Crippen molar-refractivity contribution in [3.63, 3.8) is 0 Å². The summed E-state index contributed by atoms with van der Waals surface area (Å²) in [6, 6.07) is 7.53. The van der Waals surface area contributed by atoms with Crippen molar-refractivity contribution in [3.05, 3.63) is 62.5 Å². The minimum Gasteiger partial charge on any atom is -0.481 e. The number of benzene rings is 1. The lowest BCUT2D eigenvalue weighted by Crippen LogP contribution is -2.18. The molecule has 0 saturated heterocycles. The second kappa shape index (κ2) is 5.75. The predicted molar refractivity (Wildman–Crippen MR) is 108 cm³/mol. The molecule has 5 rings (SSSR count). The SMILES string of the molecule is Cc1sc2c(c1C)C(c1ccc(Cl)cc1)=N[C@]1(C[C@H]1C(=O)O)c1nnc(C)n1-2. The first-order valence-corrected chi connectivity index (χ1v) is 10.1. The van der Waals surface area contributed by atoms with Gasteiger partial charge in [0.1, 0.15) is 16.4 Å². The molecule has 28 heavy (non-hydrogen) atoms. The Morgan fingerprint density at radius 3 is 2.61 bits per heavy atom. The summed E-state index contributed by atoms with van der Waals surface area (Å²) in [4.78, 5) is 18.1. The van der Waals surface area contributed by atoms with Gasteiger partial charge in [0, 0.05) is 21.0 Å². The molecule has 1 aliphatic carbocycles. The summed E-state index contributed by atoms with van der Waals surface area (Å²) in [5, 5.41) is 20.0. The molecule has 2 aliphatic rings. The van der Waals surface area contributed by atoms with Crippen molar-refractivity contribution in [3.8, 4) is 5.00 Å². The zero-order valence-corrected chi connectivity index (χ0v) is 17.1. The maximum Gasteiger partial charge on any atom is 0.309 e. The molecule has 0 bridgehead atoms. The number of aliphatic imine (C=N–C) groups is 1. The number of carboxylic acids is 1. The van der Waals surface area contributed by atoms with Gasteiger partial charge in [-0.15, -0.1) is 21.5 Å². The lowest BCUT2D eigenvalue weighted by molar-refractivity contribution is -0.139. The number of nitrogens with zero attached hydrogens (tertiary/aromatic N) is 4. The van der Waals surface area contributed by atoms with Gasteiger partial charge in [-0.3, -0.25) is 14.4 Å². The molecule has 1 fully saturated rings. The third-order valence-electron chi connectivity index (χ3n) is 5.68. The third-order valence-corrected chi connectivity index (χ3v) is 7.12. The average molecular weight is 413 g/mol. The molecule has 1 spiro atoms. The molecule has 142 valence electrons. The van der Waals surface area contributed by atoms with Gasteiger partial charge in [0.25, 0.3) is 0 Å². The largest absolute Gasteiger partial charge is 0.481 e. The summed E-state index contributed by atoms with van der Waals surface area (Å²) in [6.45, 7) is 6.05. The van der Waals surface area contributed by atoms with Gasteiger partial charge in [-0.25, -0.2) is 0 Å². The lowest BCUT2D eigenvalue weighted by atomic mass is 9.99. The molecule has 0 radical (unpaired) electrons. The highest BCUT2D eigenvalue weighted by Crippen LogP contribution is 2.57. The number of carboxylic acid groups (broad SMARTS) is 1. The highest BCUT2D eigenvalue weighted by Gasteiger charge is 2.64. The van der Waals surface area contributed by atoms with Crippen molar-refractivity contribution in [2.24, 2.45) is 10.9 Å². The van der Waals surface area contributed by atoms with Crippen LogP contribution in [-0.4, -0.2) is 31.6 Å². The van der Waals surface area contributed by atoms with Crippen molar-refractivity contribution < 1.29 is 9.90 Å². The minimum absolute atomic E-state index is 0.421. The van der Waals surface area contributed by atoms with Gasteiger partial charge in [-0.1, -0.05) is 23.7 Å². The van der Waals surface area contributed by atoms with E-state index in [4.69, 9.17) is 16.6 Å². The molecule has 0 unspecified atom stereocenters. The van der Waals surface area contributed by atoms with E-state index in [1.807, 2.05) is 35.8 Å². The summed E-state index contributed by atoms with van der Waals surface area (Å²) in [7, 11) is 0. The van der Waals surface area contributed by atoms with Crippen molar-refractivity contribution in [1.82, 2.24) is 14.8 Å². The fourth-order valence-electron chi connectivity index (χ4n) is 3.97. The van der Waals surface area contributed by atoms with Crippen LogP contribution in [0, 0.1) is 26.7 Å². The number of aromatic nitrogens is 3. The number of rotatable bonds is 2. The molecule has 1 saturated carbocycles. The number of fused-ring (bicyclic) bond motifs is 4. The zero-order valence-electron chi connectivity index (χ0n) is 15.5. The summed E-state index contributed by atoms with van der Waals surface area (Å²) in [5.74, 6) is -0.110. The predicted octanol–water partition coefficient (Wildman–Crippen LogP) is 4.06. The normalized spacial score (nSPS) is 22.4.